The average Bonchev–Trinajstić information content (AvgIpc) is 3.10. The molecule has 1 fully saturated rings. The number of aromatic nitrogens is 1. The molecule has 1 saturated carbocycles. The van der Waals surface area contributed by atoms with E-state index in [4.69, 9.17) is 4.74 Å². The van der Waals surface area contributed by atoms with Gasteiger partial charge in [0.25, 0.3) is 0 Å². The van der Waals surface area contributed by atoms with Gasteiger partial charge < -0.3 is 10.1 Å². The van der Waals surface area contributed by atoms with Gasteiger partial charge in [0.2, 0.25) is 5.88 Å². The van der Waals surface area contributed by atoms with Crippen molar-refractivity contribution in [2.45, 2.75) is 51.8 Å². The molecule has 1 atom stereocenters. The van der Waals surface area contributed by atoms with Crippen molar-refractivity contribution >= 4 is 0 Å². The molecule has 0 bridgehead atoms. The highest BCUT2D eigenvalue weighted by molar-refractivity contribution is 5.20. The summed E-state index contributed by atoms with van der Waals surface area (Å²) in [7, 11) is 0. The fourth-order valence-electron chi connectivity index (χ4n) is 1.46. The first-order valence-electron chi connectivity index (χ1n) is 6.13. The van der Waals surface area contributed by atoms with Gasteiger partial charge >= 0.3 is 0 Å². The number of nitrogens with zero attached hydrogens (tertiary/aromatic N) is 1. The Morgan fingerprint density at radius 1 is 1.56 bits per heavy atom. The van der Waals surface area contributed by atoms with Crippen molar-refractivity contribution < 1.29 is 4.74 Å². The van der Waals surface area contributed by atoms with Gasteiger partial charge in [-0.25, -0.2) is 4.98 Å². The first-order valence-corrected chi connectivity index (χ1v) is 6.13. The molecule has 0 amide bonds. The van der Waals surface area contributed by atoms with Gasteiger partial charge in [-0.2, -0.15) is 0 Å². The molecule has 1 aliphatic rings. The van der Waals surface area contributed by atoms with Gasteiger partial charge in [-0.05, 0) is 37.8 Å². The summed E-state index contributed by atoms with van der Waals surface area (Å²) in [6.07, 6.45) is 5.70. The molecule has 0 aromatic carbocycles. The molecule has 1 unspecified atom stereocenters. The molecular weight excluding hydrogens is 200 g/mol. The molecule has 3 nitrogen and oxygen atoms in total. The first kappa shape index (κ1) is 11.4. The molecule has 88 valence electrons. The zero-order valence-corrected chi connectivity index (χ0v) is 10.1. The second-order valence-corrected chi connectivity index (χ2v) is 4.49. The van der Waals surface area contributed by atoms with Crippen LogP contribution in [0.5, 0.6) is 5.88 Å². The van der Waals surface area contributed by atoms with Gasteiger partial charge in [0.1, 0.15) is 0 Å². The highest BCUT2D eigenvalue weighted by Gasteiger charge is 2.19. The van der Waals surface area contributed by atoms with Gasteiger partial charge in [-0.15, -0.1) is 0 Å². The molecule has 0 spiro atoms. The molecular formula is C13H20N2O. The number of pyridine rings is 1. The predicted molar refractivity (Wildman–Crippen MR) is 64.5 cm³/mol. The molecule has 0 radical (unpaired) electrons. The summed E-state index contributed by atoms with van der Waals surface area (Å²) >= 11 is 0. The van der Waals surface area contributed by atoms with Crippen LogP contribution in [0.15, 0.2) is 18.3 Å². The van der Waals surface area contributed by atoms with E-state index < -0.39 is 0 Å². The Hall–Kier alpha value is -1.09. The average molecular weight is 220 g/mol. The van der Waals surface area contributed by atoms with Crippen molar-refractivity contribution in [3.63, 3.8) is 0 Å². The quantitative estimate of drug-likeness (QED) is 0.800. The third-order valence-corrected chi connectivity index (χ3v) is 2.87. The molecule has 1 aromatic heterocycles. The smallest absolute Gasteiger partial charge is 0.213 e. The summed E-state index contributed by atoms with van der Waals surface area (Å²) in [5, 5.41) is 3.48. The number of hydrogen-bond donors (Lipinski definition) is 1. The molecule has 0 saturated heterocycles. The van der Waals surface area contributed by atoms with Crippen LogP contribution in [0.4, 0.5) is 0 Å². The van der Waals surface area contributed by atoms with Gasteiger partial charge in [-0.3, -0.25) is 0 Å². The van der Waals surface area contributed by atoms with Crippen LogP contribution in [0.1, 0.15) is 38.7 Å². The number of hydrogen-bond acceptors (Lipinski definition) is 3. The predicted octanol–water partition coefficient (Wildman–Crippen LogP) is 2.51. The molecule has 2 rings (SSSR count). The van der Waals surface area contributed by atoms with E-state index in [0.717, 1.165) is 24.9 Å². The van der Waals surface area contributed by atoms with Crippen molar-refractivity contribution in [3.8, 4) is 5.88 Å². The maximum Gasteiger partial charge on any atom is 0.213 e. The van der Waals surface area contributed by atoms with E-state index in [9.17, 15) is 0 Å². The van der Waals surface area contributed by atoms with E-state index in [-0.39, 0.29) is 6.10 Å². The van der Waals surface area contributed by atoms with Gasteiger partial charge in [0.05, 0.1) is 6.10 Å². The Bertz CT molecular complexity index is 336. The van der Waals surface area contributed by atoms with Crippen LogP contribution in [0.25, 0.3) is 0 Å². The second kappa shape index (κ2) is 5.30. The number of ether oxygens (including phenoxy) is 1. The Labute approximate surface area is 97.2 Å². The van der Waals surface area contributed by atoms with Crippen molar-refractivity contribution in [2.24, 2.45) is 0 Å². The van der Waals surface area contributed by atoms with E-state index >= 15 is 0 Å². The Morgan fingerprint density at radius 2 is 2.38 bits per heavy atom. The van der Waals surface area contributed by atoms with Crippen LogP contribution in [-0.4, -0.2) is 17.1 Å². The van der Waals surface area contributed by atoms with Crippen LogP contribution < -0.4 is 10.1 Å². The van der Waals surface area contributed by atoms with Crippen LogP contribution in [0, 0.1) is 0 Å². The highest BCUT2D eigenvalue weighted by Crippen LogP contribution is 2.20. The van der Waals surface area contributed by atoms with Crippen molar-refractivity contribution in [1.82, 2.24) is 10.3 Å². The molecule has 1 N–H and O–H groups in total. The summed E-state index contributed by atoms with van der Waals surface area (Å²) in [6.45, 7) is 5.10. The minimum Gasteiger partial charge on any atom is -0.475 e. The van der Waals surface area contributed by atoms with Crippen LogP contribution in [0.3, 0.4) is 0 Å². The molecule has 16 heavy (non-hydrogen) atoms. The number of nitrogens with one attached hydrogen (secondary N) is 1. The van der Waals surface area contributed by atoms with E-state index in [1.54, 1.807) is 0 Å². The lowest BCUT2D eigenvalue weighted by Gasteiger charge is -2.12. The highest BCUT2D eigenvalue weighted by atomic mass is 16.5. The normalized spacial score (nSPS) is 17.1. The molecule has 1 heterocycles. The lowest BCUT2D eigenvalue weighted by atomic mass is 10.2. The van der Waals surface area contributed by atoms with E-state index in [2.05, 4.69) is 24.1 Å². The third-order valence-electron chi connectivity index (χ3n) is 2.87. The van der Waals surface area contributed by atoms with Gasteiger partial charge in [0.15, 0.2) is 0 Å². The zero-order valence-electron chi connectivity index (χ0n) is 10.1. The standard InChI is InChI=1S/C13H20N2O/c1-3-10(2)16-13-8-11(6-7-14-13)9-15-12-4-5-12/h6-8,10,12,15H,3-5,9H2,1-2H3. The zero-order chi connectivity index (χ0) is 11.4. The van der Waals surface area contributed by atoms with Gasteiger partial charge in [-0.1, -0.05) is 6.92 Å². The van der Waals surface area contributed by atoms with E-state index in [1.165, 1.54) is 18.4 Å². The summed E-state index contributed by atoms with van der Waals surface area (Å²) in [5.74, 6) is 0.740. The molecule has 0 aliphatic heterocycles. The fraction of sp³-hybridized carbons (Fsp3) is 0.615. The lowest BCUT2D eigenvalue weighted by Crippen LogP contribution is -2.16. The summed E-state index contributed by atoms with van der Waals surface area (Å²) in [5.41, 5.74) is 1.25. The van der Waals surface area contributed by atoms with Crippen LogP contribution >= 0.6 is 0 Å². The Morgan fingerprint density at radius 3 is 3.06 bits per heavy atom. The SMILES string of the molecule is CCC(C)Oc1cc(CNC2CC2)ccn1. The van der Waals surface area contributed by atoms with Crippen LogP contribution in [-0.2, 0) is 6.54 Å². The molecule has 1 aromatic rings. The van der Waals surface area contributed by atoms with Crippen molar-refractivity contribution in [1.29, 1.82) is 0 Å². The van der Waals surface area contributed by atoms with Crippen molar-refractivity contribution in [2.75, 3.05) is 0 Å². The molecule has 3 heteroatoms. The minimum atomic E-state index is 0.235. The summed E-state index contributed by atoms with van der Waals surface area (Å²) in [4.78, 5) is 4.22. The monoisotopic (exact) mass is 220 g/mol. The Kier molecular flexibility index (Phi) is 3.78. The second-order valence-electron chi connectivity index (χ2n) is 4.49. The van der Waals surface area contributed by atoms with E-state index in [1.807, 2.05) is 18.3 Å². The summed E-state index contributed by atoms with van der Waals surface area (Å²) in [6, 6.07) is 4.81. The maximum absolute atomic E-state index is 5.69. The Balaban J connectivity index is 1.89. The third kappa shape index (κ3) is 3.49. The van der Waals surface area contributed by atoms with Gasteiger partial charge in [0, 0.05) is 24.8 Å². The fourth-order valence-corrected chi connectivity index (χ4v) is 1.46. The summed E-state index contributed by atoms with van der Waals surface area (Å²) < 4.78 is 5.69. The largest absolute Gasteiger partial charge is 0.475 e. The maximum atomic E-state index is 5.69. The van der Waals surface area contributed by atoms with E-state index in [0.29, 0.717) is 0 Å². The number of rotatable bonds is 6. The lowest BCUT2D eigenvalue weighted by molar-refractivity contribution is 0.208. The topological polar surface area (TPSA) is 34.1 Å². The molecule has 1 aliphatic carbocycles. The first-order chi connectivity index (χ1) is 7.78. The van der Waals surface area contributed by atoms with Crippen molar-refractivity contribution in [3.05, 3.63) is 23.9 Å². The van der Waals surface area contributed by atoms with Crippen LogP contribution in [0.2, 0.25) is 0 Å². The minimum absolute atomic E-state index is 0.235.